The second-order valence-electron chi connectivity index (χ2n) is 5.13. The zero-order valence-corrected chi connectivity index (χ0v) is 9.29. The largest absolute Gasteiger partial charge is 0.365 e. The highest BCUT2D eigenvalue weighted by atomic mass is 16.7. The van der Waals surface area contributed by atoms with Gasteiger partial charge < -0.3 is 4.84 Å². The Bertz CT molecular complexity index is 296. The van der Waals surface area contributed by atoms with E-state index in [1.165, 1.54) is 5.06 Å². The lowest BCUT2D eigenvalue weighted by Crippen LogP contribution is -2.46. The maximum Gasteiger partial charge on any atom is 0.333 e. The highest BCUT2D eigenvalue weighted by molar-refractivity contribution is 5.79. The smallest absolute Gasteiger partial charge is 0.333 e. The van der Waals surface area contributed by atoms with Crippen molar-refractivity contribution in [2.75, 3.05) is 0 Å². The third-order valence-electron chi connectivity index (χ3n) is 2.41. The lowest BCUT2D eigenvalue weighted by molar-refractivity contribution is -0.195. The average Bonchev–Trinajstić information content (AvgIpc) is 2.22. The summed E-state index contributed by atoms with van der Waals surface area (Å²) in [6.45, 7) is 9.19. The molecule has 14 heavy (non-hydrogen) atoms. The van der Waals surface area contributed by atoms with Gasteiger partial charge in [-0.05, 0) is 34.6 Å². The van der Waals surface area contributed by atoms with Crippen LogP contribution in [0.5, 0.6) is 0 Å². The molecule has 1 rings (SSSR count). The van der Waals surface area contributed by atoms with Crippen molar-refractivity contribution in [3.05, 3.63) is 0 Å². The Hall–Kier alpha value is -1.08. The minimum Gasteiger partial charge on any atom is -0.365 e. The molecule has 0 spiro atoms. The van der Waals surface area contributed by atoms with Crippen LogP contribution >= 0.6 is 0 Å². The van der Waals surface area contributed by atoms with Gasteiger partial charge in [0, 0.05) is 0 Å². The van der Waals surface area contributed by atoms with Gasteiger partial charge in [0.15, 0.2) is 0 Å². The summed E-state index contributed by atoms with van der Waals surface area (Å²) >= 11 is 0. The zero-order valence-electron chi connectivity index (χ0n) is 9.29. The molecule has 1 fully saturated rings. The number of hydrogen-bond acceptors (Lipinski definition) is 4. The lowest BCUT2D eigenvalue weighted by atomic mass is 9.85. The molecule has 0 aromatic rings. The van der Waals surface area contributed by atoms with Gasteiger partial charge in [0.05, 0.1) is 17.0 Å². The molecule has 1 heterocycles. The van der Waals surface area contributed by atoms with Crippen LogP contribution < -0.4 is 0 Å². The van der Waals surface area contributed by atoms with Crippen molar-refractivity contribution >= 4 is 5.97 Å². The van der Waals surface area contributed by atoms with Crippen molar-refractivity contribution in [2.24, 2.45) is 5.41 Å². The van der Waals surface area contributed by atoms with Gasteiger partial charge in [0.1, 0.15) is 6.04 Å². The molecule has 1 aliphatic heterocycles. The van der Waals surface area contributed by atoms with Gasteiger partial charge in [-0.15, -0.1) is 5.06 Å². The highest BCUT2D eigenvalue weighted by Gasteiger charge is 2.54. The number of nitrogens with zero attached hydrogens (tertiary/aromatic N) is 2. The summed E-state index contributed by atoms with van der Waals surface area (Å²) in [5.74, 6) is -0.334. The molecule has 0 saturated carbocycles. The van der Waals surface area contributed by atoms with E-state index in [-0.39, 0.29) is 11.5 Å². The summed E-state index contributed by atoms with van der Waals surface area (Å²) in [7, 11) is 0. The van der Waals surface area contributed by atoms with Crippen LogP contribution in [0.1, 0.15) is 34.6 Å². The van der Waals surface area contributed by atoms with Crippen molar-refractivity contribution in [1.82, 2.24) is 5.06 Å². The normalized spacial score (nSPS) is 27.1. The molecule has 0 aromatic carbocycles. The fraction of sp³-hybridized carbons (Fsp3) is 0.800. The average molecular weight is 196 g/mol. The molecule has 78 valence electrons. The summed E-state index contributed by atoms with van der Waals surface area (Å²) < 4.78 is 0. The fourth-order valence-corrected chi connectivity index (χ4v) is 1.40. The molecule has 0 bridgehead atoms. The Morgan fingerprint density at radius 3 is 2.29 bits per heavy atom. The Morgan fingerprint density at radius 2 is 2.00 bits per heavy atom. The van der Waals surface area contributed by atoms with E-state index in [0.29, 0.717) is 0 Å². The molecule has 1 atom stereocenters. The van der Waals surface area contributed by atoms with Crippen LogP contribution in [0.2, 0.25) is 0 Å². The number of carbonyl (C=O) groups is 1. The molecule has 0 radical (unpaired) electrons. The van der Waals surface area contributed by atoms with Gasteiger partial charge in [-0.2, -0.15) is 5.26 Å². The Balaban J connectivity index is 3.06. The molecule has 1 aliphatic rings. The maximum atomic E-state index is 11.5. The first-order valence-corrected chi connectivity index (χ1v) is 4.62. The molecule has 0 N–H and O–H groups in total. The van der Waals surface area contributed by atoms with Crippen LogP contribution in [0.3, 0.4) is 0 Å². The van der Waals surface area contributed by atoms with Crippen molar-refractivity contribution in [3.8, 4) is 6.07 Å². The number of carbonyl (C=O) groups excluding carboxylic acids is 1. The van der Waals surface area contributed by atoms with Gasteiger partial charge in [-0.1, -0.05) is 0 Å². The Kier molecular flexibility index (Phi) is 2.32. The van der Waals surface area contributed by atoms with E-state index in [1.54, 1.807) is 13.8 Å². The molecule has 1 saturated heterocycles. The summed E-state index contributed by atoms with van der Waals surface area (Å²) in [6, 6.07) is 1.60. The number of rotatable bonds is 0. The summed E-state index contributed by atoms with van der Waals surface area (Å²) in [6.07, 6.45) is 0. The minimum absolute atomic E-state index is 0.334. The van der Waals surface area contributed by atoms with Gasteiger partial charge in [-0.25, -0.2) is 4.79 Å². The monoisotopic (exact) mass is 196 g/mol. The first kappa shape index (κ1) is 11.0. The van der Waals surface area contributed by atoms with Crippen molar-refractivity contribution < 1.29 is 9.63 Å². The van der Waals surface area contributed by atoms with E-state index in [4.69, 9.17) is 10.1 Å². The molecule has 0 aromatic heterocycles. The van der Waals surface area contributed by atoms with Crippen LogP contribution in [0.4, 0.5) is 0 Å². The maximum absolute atomic E-state index is 11.5. The first-order valence-electron chi connectivity index (χ1n) is 4.62. The topological polar surface area (TPSA) is 53.3 Å². The van der Waals surface area contributed by atoms with Gasteiger partial charge in [0.2, 0.25) is 0 Å². The Labute approximate surface area is 84.4 Å². The standard InChI is InChI=1S/C10H16N2O2/c1-9(2,3)12-7(6-11)10(4,5)8(13)14-12/h7H,1-5H3. The predicted molar refractivity (Wildman–Crippen MR) is 50.9 cm³/mol. The highest BCUT2D eigenvalue weighted by Crippen LogP contribution is 2.37. The number of hydrogen-bond donors (Lipinski definition) is 0. The molecule has 0 amide bonds. The minimum atomic E-state index is -0.748. The van der Waals surface area contributed by atoms with Crippen LogP contribution in [0.15, 0.2) is 0 Å². The van der Waals surface area contributed by atoms with Gasteiger partial charge in [-0.3, -0.25) is 0 Å². The van der Waals surface area contributed by atoms with Crippen LogP contribution in [0, 0.1) is 16.7 Å². The second kappa shape index (κ2) is 2.96. The second-order valence-corrected chi connectivity index (χ2v) is 5.13. The molecular weight excluding hydrogens is 180 g/mol. The summed E-state index contributed by atoms with van der Waals surface area (Å²) in [5, 5.41) is 10.5. The third-order valence-corrected chi connectivity index (χ3v) is 2.41. The van der Waals surface area contributed by atoms with Crippen LogP contribution in [0.25, 0.3) is 0 Å². The fourth-order valence-electron chi connectivity index (χ4n) is 1.40. The molecule has 1 unspecified atom stereocenters. The van der Waals surface area contributed by atoms with E-state index >= 15 is 0 Å². The lowest BCUT2D eigenvalue weighted by Gasteiger charge is -2.32. The molecule has 0 aliphatic carbocycles. The first-order chi connectivity index (χ1) is 6.21. The van der Waals surface area contributed by atoms with Crippen LogP contribution in [-0.4, -0.2) is 22.6 Å². The molecule has 4 heteroatoms. The molecular formula is C10H16N2O2. The van der Waals surface area contributed by atoms with Gasteiger partial charge in [0.25, 0.3) is 0 Å². The zero-order chi connectivity index (χ0) is 11.1. The van der Waals surface area contributed by atoms with E-state index in [1.807, 2.05) is 20.8 Å². The van der Waals surface area contributed by atoms with E-state index in [9.17, 15) is 4.79 Å². The van der Waals surface area contributed by atoms with E-state index in [0.717, 1.165) is 0 Å². The molecule has 4 nitrogen and oxygen atoms in total. The Morgan fingerprint density at radius 1 is 1.50 bits per heavy atom. The summed E-state index contributed by atoms with van der Waals surface area (Å²) in [4.78, 5) is 16.6. The van der Waals surface area contributed by atoms with Crippen molar-refractivity contribution in [3.63, 3.8) is 0 Å². The van der Waals surface area contributed by atoms with Crippen LogP contribution in [-0.2, 0) is 9.63 Å². The summed E-state index contributed by atoms with van der Waals surface area (Å²) in [5.41, 5.74) is -1.09. The number of nitriles is 1. The van der Waals surface area contributed by atoms with Crippen molar-refractivity contribution in [2.45, 2.75) is 46.2 Å². The van der Waals surface area contributed by atoms with Gasteiger partial charge >= 0.3 is 5.97 Å². The predicted octanol–water partition coefficient (Wildman–Crippen LogP) is 1.48. The van der Waals surface area contributed by atoms with E-state index in [2.05, 4.69) is 6.07 Å². The van der Waals surface area contributed by atoms with E-state index < -0.39 is 11.5 Å². The van der Waals surface area contributed by atoms with Crippen molar-refractivity contribution in [1.29, 1.82) is 5.26 Å². The SMILES string of the molecule is CC1(C)C(=O)ON(C(C)(C)C)C1C#N. The third kappa shape index (κ3) is 1.48. The quantitative estimate of drug-likeness (QED) is 0.588. The number of hydroxylamine groups is 2.